The first-order valence-electron chi connectivity index (χ1n) is 6.08. The molecule has 21 heavy (non-hydrogen) atoms. The summed E-state index contributed by atoms with van der Waals surface area (Å²) in [5.74, 6) is 1.58. The van der Waals surface area contributed by atoms with Crippen molar-refractivity contribution in [3.8, 4) is 5.75 Å². The summed E-state index contributed by atoms with van der Waals surface area (Å²) >= 11 is 3.22. The first-order chi connectivity index (χ1) is 9.97. The maximum atomic E-state index is 10.8. The van der Waals surface area contributed by atoms with Crippen LogP contribution in [0.25, 0.3) is 0 Å². The van der Waals surface area contributed by atoms with Crippen molar-refractivity contribution >= 4 is 27.4 Å². The summed E-state index contributed by atoms with van der Waals surface area (Å²) in [4.78, 5) is 18.8. The van der Waals surface area contributed by atoms with Gasteiger partial charge in [-0.3, -0.25) is 10.1 Å². The lowest BCUT2D eigenvalue weighted by Crippen LogP contribution is -2.05. The number of hydrogen-bond acceptors (Lipinski definition) is 6. The molecule has 8 heteroatoms. The zero-order chi connectivity index (χ0) is 15.4. The second-order valence-electron chi connectivity index (χ2n) is 4.25. The molecule has 0 amide bonds. The minimum Gasteiger partial charge on any atom is -0.485 e. The van der Waals surface area contributed by atoms with Crippen molar-refractivity contribution in [2.45, 2.75) is 13.5 Å². The van der Waals surface area contributed by atoms with Crippen molar-refractivity contribution in [2.75, 3.05) is 12.4 Å². The predicted molar refractivity (Wildman–Crippen MR) is 81.4 cm³/mol. The van der Waals surface area contributed by atoms with Crippen LogP contribution in [-0.2, 0) is 6.61 Å². The van der Waals surface area contributed by atoms with Crippen LogP contribution in [0.2, 0.25) is 0 Å². The second kappa shape index (κ2) is 6.49. The highest BCUT2D eigenvalue weighted by Gasteiger charge is 2.10. The number of halogens is 1. The molecule has 1 aromatic heterocycles. The minimum atomic E-state index is -0.472. The number of rotatable bonds is 5. The van der Waals surface area contributed by atoms with Crippen molar-refractivity contribution in [1.82, 2.24) is 9.97 Å². The third-order valence-corrected chi connectivity index (χ3v) is 3.05. The lowest BCUT2D eigenvalue weighted by Gasteiger charge is -2.08. The smallest absolute Gasteiger partial charge is 0.274 e. The van der Waals surface area contributed by atoms with E-state index >= 15 is 0 Å². The van der Waals surface area contributed by atoms with Gasteiger partial charge in [0, 0.05) is 29.3 Å². The molecule has 0 radical (unpaired) electrons. The molecule has 0 saturated heterocycles. The van der Waals surface area contributed by atoms with Gasteiger partial charge in [0.25, 0.3) is 5.69 Å². The molecule has 0 fully saturated rings. The van der Waals surface area contributed by atoms with Crippen LogP contribution < -0.4 is 10.1 Å². The van der Waals surface area contributed by atoms with Crippen molar-refractivity contribution in [1.29, 1.82) is 0 Å². The van der Waals surface area contributed by atoms with Gasteiger partial charge in [0.2, 0.25) is 0 Å². The first kappa shape index (κ1) is 15.2. The van der Waals surface area contributed by atoms with E-state index in [1.165, 1.54) is 12.1 Å². The van der Waals surface area contributed by atoms with E-state index in [0.717, 1.165) is 5.69 Å². The molecule has 7 nitrogen and oxygen atoms in total. The summed E-state index contributed by atoms with van der Waals surface area (Å²) in [6, 6.07) is 6.24. The molecular formula is C13H13BrN4O3. The molecule has 0 atom stereocenters. The fourth-order valence-electron chi connectivity index (χ4n) is 1.71. The SMILES string of the molecule is CNc1cc(C)nc(COc2cc(Br)cc([N+](=O)[O-])c2)n1. The van der Waals surface area contributed by atoms with Gasteiger partial charge in [0.05, 0.1) is 11.0 Å². The van der Waals surface area contributed by atoms with E-state index < -0.39 is 4.92 Å². The largest absolute Gasteiger partial charge is 0.485 e. The van der Waals surface area contributed by atoms with Crippen LogP contribution in [0.15, 0.2) is 28.7 Å². The Morgan fingerprint density at radius 2 is 2.10 bits per heavy atom. The summed E-state index contributed by atoms with van der Waals surface area (Å²) in [7, 11) is 1.77. The van der Waals surface area contributed by atoms with Crippen LogP contribution in [0, 0.1) is 17.0 Å². The Balaban J connectivity index is 2.16. The number of hydrogen-bond donors (Lipinski definition) is 1. The number of aryl methyl sites for hydroxylation is 1. The third kappa shape index (κ3) is 4.12. The summed E-state index contributed by atoms with van der Waals surface area (Å²) in [5, 5.41) is 13.7. The summed E-state index contributed by atoms with van der Waals surface area (Å²) in [5.41, 5.74) is 0.772. The molecule has 0 aliphatic heterocycles. The van der Waals surface area contributed by atoms with E-state index in [0.29, 0.717) is 21.9 Å². The molecule has 1 N–H and O–H groups in total. The first-order valence-corrected chi connectivity index (χ1v) is 6.87. The van der Waals surface area contributed by atoms with Crippen molar-refractivity contribution in [3.63, 3.8) is 0 Å². The topological polar surface area (TPSA) is 90.2 Å². The number of nitrogens with zero attached hydrogens (tertiary/aromatic N) is 3. The van der Waals surface area contributed by atoms with E-state index in [9.17, 15) is 10.1 Å². The van der Waals surface area contributed by atoms with Crippen LogP contribution in [0.3, 0.4) is 0 Å². The minimum absolute atomic E-state index is 0.0413. The molecule has 0 aliphatic carbocycles. The van der Waals surface area contributed by atoms with Crippen molar-refractivity contribution < 1.29 is 9.66 Å². The third-order valence-electron chi connectivity index (χ3n) is 2.59. The van der Waals surface area contributed by atoms with Gasteiger partial charge in [-0.1, -0.05) is 15.9 Å². The highest BCUT2D eigenvalue weighted by atomic mass is 79.9. The van der Waals surface area contributed by atoms with Gasteiger partial charge in [-0.05, 0) is 13.0 Å². The maximum Gasteiger partial charge on any atom is 0.274 e. The second-order valence-corrected chi connectivity index (χ2v) is 5.17. The zero-order valence-electron chi connectivity index (χ0n) is 11.5. The monoisotopic (exact) mass is 352 g/mol. The molecule has 0 bridgehead atoms. The molecule has 0 aliphatic rings. The summed E-state index contributed by atoms with van der Waals surface area (Å²) < 4.78 is 6.11. The lowest BCUT2D eigenvalue weighted by molar-refractivity contribution is -0.385. The van der Waals surface area contributed by atoms with E-state index in [1.54, 1.807) is 13.1 Å². The van der Waals surface area contributed by atoms with E-state index in [-0.39, 0.29) is 12.3 Å². The van der Waals surface area contributed by atoms with E-state index in [2.05, 4.69) is 31.2 Å². The number of non-ortho nitro benzene ring substituents is 1. The standard InChI is InChI=1S/C13H13BrN4O3/c1-8-3-12(15-2)17-13(16-8)7-21-11-5-9(14)4-10(6-11)18(19)20/h3-6H,7H2,1-2H3,(H,15,16,17). The van der Waals surface area contributed by atoms with Gasteiger partial charge < -0.3 is 10.1 Å². The van der Waals surface area contributed by atoms with Gasteiger partial charge in [-0.15, -0.1) is 0 Å². The van der Waals surface area contributed by atoms with Crippen LogP contribution in [-0.4, -0.2) is 21.9 Å². The Morgan fingerprint density at radius 1 is 1.33 bits per heavy atom. The van der Waals surface area contributed by atoms with Gasteiger partial charge >= 0.3 is 0 Å². The molecule has 0 unspecified atom stereocenters. The Labute approximate surface area is 129 Å². The fourth-order valence-corrected chi connectivity index (χ4v) is 2.17. The highest BCUT2D eigenvalue weighted by Crippen LogP contribution is 2.26. The maximum absolute atomic E-state index is 10.8. The molecule has 0 spiro atoms. The summed E-state index contributed by atoms with van der Waals surface area (Å²) in [6.45, 7) is 1.99. The van der Waals surface area contributed by atoms with Crippen LogP contribution >= 0.6 is 15.9 Å². The molecule has 2 rings (SSSR count). The number of aromatic nitrogens is 2. The molecule has 1 aromatic carbocycles. The number of benzene rings is 1. The van der Waals surface area contributed by atoms with Crippen molar-refractivity contribution in [2.24, 2.45) is 0 Å². The lowest BCUT2D eigenvalue weighted by atomic mass is 10.3. The quantitative estimate of drug-likeness (QED) is 0.656. The number of nitrogens with one attached hydrogen (secondary N) is 1. The zero-order valence-corrected chi connectivity index (χ0v) is 13.0. The molecule has 0 saturated carbocycles. The molecule has 1 heterocycles. The molecular weight excluding hydrogens is 340 g/mol. The summed E-state index contributed by atoms with van der Waals surface area (Å²) in [6.07, 6.45) is 0. The van der Waals surface area contributed by atoms with Gasteiger partial charge in [-0.2, -0.15) is 0 Å². The predicted octanol–water partition coefficient (Wildman–Crippen LogP) is 3.08. The van der Waals surface area contributed by atoms with Gasteiger partial charge in [-0.25, -0.2) is 9.97 Å². The van der Waals surface area contributed by atoms with Crippen molar-refractivity contribution in [3.05, 3.63) is 50.4 Å². The number of anilines is 1. The van der Waals surface area contributed by atoms with Gasteiger partial charge in [0.15, 0.2) is 5.82 Å². The Hall–Kier alpha value is -2.22. The van der Waals surface area contributed by atoms with E-state index in [4.69, 9.17) is 4.74 Å². The molecule has 110 valence electrons. The van der Waals surface area contributed by atoms with E-state index in [1.807, 2.05) is 13.0 Å². The van der Waals surface area contributed by atoms with Gasteiger partial charge in [0.1, 0.15) is 18.2 Å². The Kier molecular flexibility index (Phi) is 4.69. The normalized spacial score (nSPS) is 10.2. The van der Waals surface area contributed by atoms with Crippen LogP contribution in [0.4, 0.5) is 11.5 Å². The number of ether oxygens (including phenoxy) is 1. The fraction of sp³-hybridized carbons (Fsp3) is 0.231. The number of nitro benzene ring substituents is 1. The average Bonchev–Trinajstić information content (AvgIpc) is 2.44. The molecule has 2 aromatic rings. The Bertz CT molecular complexity index is 678. The van der Waals surface area contributed by atoms with Crippen LogP contribution in [0.1, 0.15) is 11.5 Å². The van der Waals surface area contributed by atoms with Crippen LogP contribution in [0.5, 0.6) is 5.75 Å². The number of nitro groups is 1. The highest BCUT2D eigenvalue weighted by molar-refractivity contribution is 9.10. The Morgan fingerprint density at radius 3 is 2.76 bits per heavy atom. The average molecular weight is 353 g/mol.